The summed E-state index contributed by atoms with van der Waals surface area (Å²) < 4.78 is 14.3. The first-order valence-corrected chi connectivity index (χ1v) is 40.8. The van der Waals surface area contributed by atoms with Gasteiger partial charge in [0.2, 0.25) is 0 Å². The molecule has 2 heterocycles. The van der Waals surface area contributed by atoms with E-state index < -0.39 is 0 Å². The molecule has 0 spiro atoms. The second-order valence-electron chi connectivity index (χ2n) is 34.9. The fraction of sp³-hybridized carbons (Fsp3) is 0.264. The lowest BCUT2D eigenvalue weighted by Gasteiger charge is -2.33. The molecule has 0 radical (unpaired) electrons. The molecule has 0 unspecified atom stereocenters. The number of unbranched alkanes of at least 4 members (excludes halogenated alkanes) is 8. The average molecular weight is 1420 g/mol. The number of furan rings is 2. The van der Waals surface area contributed by atoms with E-state index in [0.717, 1.165) is 55.9 Å². The normalized spacial score (nSPS) is 15.6. The van der Waals surface area contributed by atoms with E-state index in [4.69, 9.17) is 8.83 Å². The quantitative estimate of drug-likeness (QED) is 0.0802. The predicted octanol–water partition coefficient (Wildman–Crippen LogP) is 30.5. The van der Waals surface area contributed by atoms with Crippen molar-refractivity contribution in [2.75, 3.05) is 4.90 Å². The summed E-state index contributed by atoms with van der Waals surface area (Å²) in [6, 6.07) is 93.3. The monoisotopic (exact) mass is 1420 g/mol. The summed E-state index contributed by atoms with van der Waals surface area (Å²) in [5.41, 5.74) is 41.9. The first-order valence-electron chi connectivity index (χ1n) is 40.8. The van der Waals surface area contributed by atoms with E-state index in [1.807, 2.05) is 0 Å². The molecular formula is C106H97NO2. The van der Waals surface area contributed by atoms with E-state index in [9.17, 15) is 0 Å². The number of hydrogen-bond donors (Lipinski definition) is 0. The Hall–Kier alpha value is -10.7. The number of hydrogen-bond acceptors (Lipinski definition) is 3. The maximum Gasteiger partial charge on any atom is 0.144 e. The summed E-state index contributed by atoms with van der Waals surface area (Å²) >= 11 is 0. The van der Waals surface area contributed by atoms with Gasteiger partial charge in [-0.1, -0.05) is 309 Å². The van der Waals surface area contributed by atoms with Crippen LogP contribution in [-0.2, 0) is 27.1 Å². The Morgan fingerprint density at radius 3 is 1.34 bits per heavy atom. The minimum Gasteiger partial charge on any atom is -0.455 e. The summed E-state index contributed by atoms with van der Waals surface area (Å²) in [7, 11) is 0. The van der Waals surface area contributed by atoms with E-state index in [2.05, 4.69) is 324 Å². The van der Waals surface area contributed by atoms with E-state index in [0.29, 0.717) is 0 Å². The fourth-order valence-corrected chi connectivity index (χ4v) is 21.6. The van der Waals surface area contributed by atoms with Crippen LogP contribution in [0.2, 0.25) is 0 Å². The molecule has 3 nitrogen and oxygen atoms in total. The Balaban J connectivity index is 0.636. The van der Waals surface area contributed by atoms with Crippen molar-refractivity contribution in [2.24, 2.45) is 0 Å². The highest BCUT2D eigenvalue weighted by Gasteiger charge is 2.50. The molecule has 13 aromatic carbocycles. The van der Waals surface area contributed by atoms with Crippen LogP contribution < -0.4 is 4.90 Å². The first-order chi connectivity index (χ1) is 52.9. The molecule has 0 fully saturated rings. The van der Waals surface area contributed by atoms with Crippen molar-refractivity contribution < 1.29 is 8.83 Å². The van der Waals surface area contributed by atoms with Crippen LogP contribution in [0.1, 0.15) is 207 Å². The van der Waals surface area contributed by atoms with E-state index >= 15 is 0 Å². The molecule has 0 amide bonds. The summed E-state index contributed by atoms with van der Waals surface area (Å²) in [5.74, 6) is 0. The topological polar surface area (TPSA) is 29.5 Å². The molecule has 2 aromatic heterocycles. The van der Waals surface area contributed by atoms with Crippen molar-refractivity contribution in [3.05, 3.63) is 304 Å². The first kappa shape index (κ1) is 67.6. The second-order valence-corrected chi connectivity index (χ2v) is 34.9. The molecule has 0 saturated heterocycles. The standard InChI is InChI=1S/C106H97NO2/c1-12-14-16-18-30-56-106(57-31-19-17-15-13-2)83-38-26-21-33-72(83)75-53-48-69(60-88(75)106)68-47-52-74-73-51-46-67(58-84(73)102(4,5)85(74)59-68)65-42-44-66(45-43-65)81-63-89-93(95-79-35-23-28-40-91(79)108-100(81)95)77-54-49-70(61-86(77)103(89,6)7)107(90-39-27-20-32-64(90)3)71-50-55-78-87(62-71)105(10,11)99-97(78)101-96(80-36-24-29-41-92(80)109-101)94-76-34-22-25-37-82(76)104(8,9)98(94)99/h20-29,32-55,58-63H,12-19,30-31,56-57H2,1-11H3. The Morgan fingerprint density at radius 2 is 0.716 bits per heavy atom. The molecule has 5 aliphatic carbocycles. The fourth-order valence-electron chi connectivity index (χ4n) is 21.6. The number of fused-ring (bicyclic) bond motifs is 25. The van der Waals surface area contributed by atoms with Crippen LogP contribution in [-0.4, -0.2) is 0 Å². The molecule has 109 heavy (non-hydrogen) atoms. The van der Waals surface area contributed by atoms with Gasteiger partial charge in [-0.15, -0.1) is 0 Å². The SMILES string of the molecule is CCCCCCCC1(CCCCCCC)c2ccccc2-c2ccc(-c3ccc4c(c3)C(C)(C)c3cc(-c5ccc(-c6cc7c(c8c6oc6ccccc68)-c6ccc(N(c8ccc9c(c8)C(C)(C)c8c%10c(c%11c(oc%12ccccc%12%11)c8-9)-c8ccccc8C%10(C)C)c8ccccc8C)cc6C7(C)C)cc5)ccc3-4)cc21. The van der Waals surface area contributed by atoms with Crippen LogP contribution in [0.3, 0.4) is 0 Å². The van der Waals surface area contributed by atoms with Crippen LogP contribution in [0.25, 0.3) is 133 Å². The third kappa shape index (κ3) is 9.86. The van der Waals surface area contributed by atoms with Crippen LogP contribution in [0.5, 0.6) is 0 Å². The largest absolute Gasteiger partial charge is 0.455 e. The molecule has 0 bridgehead atoms. The Morgan fingerprint density at radius 1 is 0.294 bits per heavy atom. The zero-order chi connectivity index (χ0) is 74.2. The highest BCUT2D eigenvalue weighted by molar-refractivity contribution is 6.22. The van der Waals surface area contributed by atoms with Crippen molar-refractivity contribution in [1.29, 1.82) is 0 Å². The smallest absolute Gasteiger partial charge is 0.144 e. The average Bonchev–Trinajstić information content (AvgIpc) is 1.51. The number of anilines is 3. The molecule has 5 aliphatic rings. The highest BCUT2D eigenvalue weighted by atomic mass is 16.3. The van der Waals surface area contributed by atoms with Crippen LogP contribution in [0, 0.1) is 6.92 Å². The van der Waals surface area contributed by atoms with E-state index in [-0.39, 0.29) is 27.1 Å². The Bertz CT molecular complexity index is 6280. The maximum atomic E-state index is 7.14. The molecule has 538 valence electrons. The number of benzene rings is 13. The zero-order valence-electron chi connectivity index (χ0n) is 65.3. The second kappa shape index (κ2) is 24.9. The van der Waals surface area contributed by atoms with Crippen molar-refractivity contribution in [1.82, 2.24) is 0 Å². The van der Waals surface area contributed by atoms with Crippen molar-refractivity contribution in [3.8, 4) is 89.0 Å². The van der Waals surface area contributed by atoms with Gasteiger partial charge in [0, 0.05) is 76.8 Å². The molecule has 0 saturated carbocycles. The van der Waals surface area contributed by atoms with Gasteiger partial charge in [-0.3, -0.25) is 0 Å². The van der Waals surface area contributed by atoms with Crippen molar-refractivity contribution in [2.45, 2.75) is 180 Å². The van der Waals surface area contributed by atoms with Gasteiger partial charge in [0.1, 0.15) is 22.3 Å². The number of rotatable bonds is 18. The summed E-state index contributed by atoms with van der Waals surface area (Å²) in [6.45, 7) is 26.5. The maximum absolute atomic E-state index is 7.14. The van der Waals surface area contributed by atoms with Gasteiger partial charge in [-0.05, 0) is 226 Å². The van der Waals surface area contributed by atoms with Gasteiger partial charge in [0.15, 0.2) is 0 Å². The van der Waals surface area contributed by atoms with Gasteiger partial charge in [-0.25, -0.2) is 0 Å². The molecular weight excluding hydrogens is 1320 g/mol. The lowest BCUT2D eigenvalue weighted by atomic mass is 9.70. The van der Waals surface area contributed by atoms with Gasteiger partial charge in [0.05, 0.1) is 0 Å². The number of nitrogens with zero attached hydrogens (tertiary/aromatic N) is 1. The minimum absolute atomic E-state index is 0.0454. The van der Waals surface area contributed by atoms with E-state index in [1.54, 1.807) is 11.1 Å². The zero-order valence-corrected chi connectivity index (χ0v) is 65.3. The van der Waals surface area contributed by atoms with Crippen LogP contribution in [0.15, 0.2) is 251 Å². The van der Waals surface area contributed by atoms with Crippen molar-refractivity contribution >= 4 is 60.9 Å². The van der Waals surface area contributed by atoms with Gasteiger partial charge in [0.25, 0.3) is 0 Å². The number of para-hydroxylation sites is 3. The van der Waals surface area contributed by atoms with Crippen molar-refractivity contribution in [3.63, 3.8) is 0 Å². The minimum atomic E-state index is -0.376. The summed E-state index contributed by atoms with van der Waals surface area (Å²) in [4.78, 5) is 2.52. The van der Waals surface area contributed by atoms with Gasteiger partial charge < -0.3 is 13.7 Å². The lowest BCUT2D eigenvalue weighted by Crippen LogP contribution is -2.25. The molecule has 3 heteroatoms. The molecule has 0 aliphatic heterocycles. The third-order valence-electron chi connectivity index (χ3n) is 27.2. The van der Waals surface area contributed by atoms with Gasteiger partial charge in [-0.2, -0.15) is 0 Å². The Kier molecular flexibility index (Phi) is 15.4. The molecule has 0 atom stereocenters. The predicted molar refractivity (Wildman–Crippen MR) is 460 cm³/mol. The van der Waals surface area contributed by atoms with Gasteiger partial charge >= 0.3 is 0 Å². The molecule has 15 aromatic rings. The van der Waals surface area contributed by atoms with Crippen LogP contribution in [0.4, 0.5) is 17.1 Å². The highest BCUT2D eigenvalue weighted by Crippen LogP contribution is 2.65. The third-order valence-corrected chi connectivity index (χ3v) is 27.2. The lowest BCUT2D eigenvalue weighted by molar-refractivity contribution is 0.399. The number of aryl methyl sites for hydroxylation is 1. The summed E-state index contributed by atoms with van der Waals surface area (Å²) in [5, 5.41) is 4.72. The van der Waals surface area contributed by atoms with E-state index in [1.165, 1.54) is 221 Å². The molecule has 0 N–H and O–H groups in total. The Labute approximate surface area is 643 Å². The molecule has 20 rings (SSSR count). The summed E-state index contributed by atoms with van der Waals surface area (Å²) in [6.07, 6.45) is 15.5. The van der Waals surface area contributed by atoms with Crippen LogP contribution >= 0.6 is 0 Å².